The zero-order valence-corrected chi connectivity index (χ0v) is 13.4. The number of carbonyl (C=O) groups excluding carboxylic acids is 1. The summed E-state index contributed by atoms with van der Waals surface area (Å²) in [6.45, 7) is 10.5. The minimum absolute atomic E-state index is 0.361. The zero-order valence-electron chi connectivity index (χ0n) is 13.4. The van der Waals surface area contributed by atoms with Crippen LogP contribution >= 0.6 is 0 Å². The Balaban J connectivity index is 2.17. The van der Waals surface area contributed by atoms with E-state index < -0.39 is 0 Å². The second-order valence-corrected chi connectivity index (χ2v) is 5.93. The van der Waals surface area contributed by atoms with Crippen LogP contribution in [0.25, 0.3) is 0 Å². The molecule has 1 unspecified atom stereocenters. The van der Waals surface area contributed by atoms with E-state index in [0.717, 1.165) is 71.4 Å². The molecule has 1 saturated heterocycles. The van der Waals surface area contributed by atoms with Crippen LogP contribution in [-0.4, -0.2) is 55.0 Å². The highest BCUT2D eigenvalue weighted by Crippen LogP contribution is 2.19. The van der Waals surface area contributed by atoms with Gasteiger partial charge in [0.15, 0.2) is 0 Å². The van der Waals surface area contributed by atoms with Gasteiger partial charge in [-0.2, -0.15) is 0 Å². The monoisotopic (exact) mass is 283 g/mol. The van der Waals surface area contributed by atoms with Gasteiger partial charge in [-0.25, -0.2) is 0 Å². The summed E-state index contributed by atoms with van der Waals surface area (Å²) < 4.78 is 0. The molecular weight excluding hydrogens is 250 g/mol. The molecule has 0 radical (unpaired) electrons. The predicted octanol–water partition coefficient (Wildman–Crippen LogP) is 2.09. The summed E-state index contributed by atoms with van der Waals surface area (Å²) in [5.41, 5.74) is 5.47. The van der Waals surface area contributed by atoms with E-state index in [-0.39, 0.29) is 0 Å². The first-order valence-electron chi connectivity index (χ1n) is 8.41. The minimum atomic E-state index is 0.361. The predicted molar refractivity (Wildman–Crippen MR) is 84.6 cm³/mol. The first-order chi connectivity index (χ1) is 9.71. The van der Waals surface area contributed by atoms with Gasteiger partial charge in [0.2, 0.25) is 5.91 Å². The lowest BCUT2D eigenvalue weighted by Crippen LogP contribution is -2.33. The van der Waals surface area contributed by atoms with Crippen molar-refractivity contribution < 1.29 is 4.79 Å². The Kier molecular flexibility index (Phi) is 8.86. The number of rotatable bonds is 10. The molecule has 4 heteroatoms. The number of hydrogen-bond acceptors (Lipinski definition) is 3. The summed E-state index contributed by atoms with van der Waals surface area (Å²) in [5.74, 6) is 1.04. The molecule has 118 valence electrons. The largest absolute Gasteiger partial charge is 0.342 e. The van der Waals surface area contributed by atoms with Crippen molar-refractivity contribution >= 4 is 5.91 Å². The van der Waals surface area contributed by atoms with Crippen molar-refractivity contribution in [3.05, 3.63) is 0 Å². The molecule has 2 N–H and O–H groups in total. The molecule has 1 aliphatic rings. The fraction of sp³-hybridized carbons (Fsp3) is 0.938. The van der Waals surface area contributed by atoms with Crippen molar-refractivity contribution in [3.8, 4) is 0 Å². The molecule has 1 amide bonds. The molecule has 1 heterocycles. The van der Waals surface area contributed by atoms with E-state index in [4.69, 9.17) is 5.73 Å². The first-order valence-corrected chi connectivity index (χ1v) is 8.41. The summed E-state index contributed by atoms with van der Waals surface area (Å²) in [6, 6.07) is 0. The lowest BCUT2D eigenvalue weighted by Gasteiger charge is -2.22. The van der Waals surface area contributed by atoms with E-state index >= 15 is 0 Å². The number of hydrogen-bond donors (Lipinski definition) is 1. The molecule has 0 aromatic carbocycles. The molecule has 1 aliphatic heterocycles. The van der Waals surface area contributed by atoms with Crippen molar-refractivity contribution in [2.24, 2.45) is 11.7 Å². The van der Waals surface area contributed by atoms with Gasteiger partial charge in [-0.15, -0.1) is 0 Å². The van der Waals surface area contributed by atoms with Crippen molar-refractivity contribution in [3.63, 3.8) is 0 Å². The Labute approximate surface area is 124 Å². The molecule has 0 saturated carbocycles. The first kappa shape index (κ1) is 17.4. The fourth-order valence-corrected chi connectivity index (χ4v) is 2.99. The van der Waals surface area contributed by atoms with Gasteiger partial charge in [-0.05, 0) is 44.8 Å². The summed E-state index contributed by atoms with van der Waals surface area (Å²) in [5, 5.41) is 0. The van der Waals surface area contributed by atoms with Crippen LogP contribution < -0.4 is 5.73 Å². The van der Waals surface area contributed by atoms with Crippen molar-refractivity contribution in [1.82, 2.24) is 9.80 Å². The second kappa shape index (κ2) is 10.2. The van der Waals surface area contributed by atoms with E-state index in [1.807, 2.05) is 0 Å². The van der Waals surface area contributed by atoms with Crippen molar-refractivity contribution in [2.45, 2.75) is 52.4 Å². The summed E-state index contributed by atoms with van der Waals surface area (Å²) >= 11 is 0. The molecule has 1 fully saturated rings. The maximum atomic E-state index is 12.1. The van der Waals surface area contributed by atoms with E-state index in [2.05, 4.69) is 23.6 Å². The highest BCUT2D eigenvalue weighted by atomic mass is 16.2. The Morgan fingerprint density at radius 1 is 1.20 bits per heavy atom. The lowest BCUT2D eigenvalue weighted by atomic mass is 10.1. The molecule has 20 heavy (non-hydrogen) atoms. The second-order valence-electron chi connectivity index (χ2n) is 5.93. The number of nitrogens with zero attached hydrogens (tertiary/aromatic N) is 2. The molecule has 0 aromatic rings. The number of nitrogens with two attached hydrogens (primary N) is 1. The normalized spacial score (nSPS) is 19.0. The van der Waals surface area contributed by atoms with Crippen molar-refractivity contribution in [2.75, 3.05) is 39.3 Å². The Hall–Kier alpha value is -0.610. The average Bonchev–Trinajstić information content (AvgIpc) is 2.93. The van der Waals surface area contributed by atoms with Gasteiger partial charge < -0.3 is 15.5 Å². The third-order valence-corrected chi connectivity index (χ3v) is 4.39. The van der Waals surface area contributed by atoms with Crippen LogP contribution in [0.15, 0.2) is 0 Å². The van der Waals surface area contributed by atoms with Crippen LogP contribution in [0.5, 0.6) is 0 Å². The van der Waals surface area contributed by atoms with Gasteiger partial charge in [0.05, 0.1) is 0 Å². The topological polar surface area (TPSA) is 49.6 Å². The summed E-state index contributed by atoms with van der Waals surface area (Å²) in [6.07, 6.45) is 6.31. The smallest absolute Gasteiger partial charge is 0.222 e. The molecule has 0 spiro atoms. The Morgan fingerprint density at radius 2 is 1.90 bits per heavy atom. The fourth-order valence-electron chi connectivity index (χ4n) is 2.99. The van der Waals surface area contributed by atoms with Crippen LogP contribution in [0.4, 0.5) is 0 Å². The molecule has 0 aliphatic carbocycles. The number of likely N-dealkylation sites (tertiary alicyclic amines) is 1. The average molecular weight is 283 g/mol. The van der Waals surface area contributed by atoms with Gasteiger partial charge >= 0.3 is 0 Å². The third kappa shape index (κ3) is 6.23. The molecular formula is C16H33N3O. The molecule has 4 nitrogen and oxygen atoms in total. The molecule has 0 aromatic heterocycles. The SMILES string of the molecule is CCN(CC)CC1CCN(C(=O)CCCCCCN)C1. The number of amides is 1. The van der Waals surface area contributed by atoms with Crippen LogP contribution in [0, 0.1) is 5.92 Å². The molecule has 1 atom stereocenters. The van der Waals surface area contributed by atoms with Crippen LogP contribution in [-0.2, 0) is 4.79 Å². The van der Waals surface area contributed by atoms with Crippen molar-refractivity contribution in [1.29, 1.82) is 0 Å². The number of carbonyl (C=O) groups is 1. The van der Waals surface area contributed by atoms with E-state index in [1.54, 1.807) is 0 Å². The van der Waals surface area contributed by atoms with Gasteiger partial charge in [-0.1, -0.05) is 26.7 Å². The van der Waals surface area contributed by atoms with Gasteiger partial charge in [0.1, 0.15) is 0 Å². The quantitative estimate of drug-likeness (QED) is 0.625. The summed E-state index contributed by atoms with van der Waals surface area (Å²) in [7, 11) is 0. The standard InChI is InChI=1S/C16H33N3O/c1-3-18(4-2)13-15-10-12-19(14-15)16(20)9-7-5-6-8-11-17/h15H,3-14,17H2,1-2H3. The van der Waals surface area contributed by atoms with Crippen LogP contribution in [0.1, 0.15) is 52.4 Å². The molecule has 0 bridgehead atoms. The Morgan fingerprint density at radius 3 is 2.55 bits per heavy atom. The number of unbranched alkanes of at least 4 members (excludes halogenated alkanes) is 3. The van der Waals surface area contributed by atoms with Gasteiger partial charge in [0, 0.05) is 26.1 Å². The van der Waals surface area contributed by atoms with Crippen LogP contribution in [0.2, 0.25) is 0 Å². The van der Waals surface area contributed by atoms with E-state index in [0.29, 0.717) is 11.8 Å². The lowest BCUT2D eigenvalue weighted by molar-refractivity contribution is -0.130. The van der Waals surface area contributed by atoms with Crippen LogP contribution in [0.3, 0.4) is 0 Å². The Bertz CT molecular complexity index is 266. The van der Waals surface area contributed by atoms with Gasteiger partial charge in [0.25, 0.3) is 0 Å². The minimum Gasteiger partial charge on any atom is -0.342 e. The maximum absolute atomic E-state index is 12.1. The van der Waals surface area contributed by atoms with E-state index in [1.165, 1.54) is 6.42 Å². The van der Waals surface area contributed by atoms with Gasteiger partial charge in [-0.3, -0.25) is 4.79 Å². The summed E-state index contributed by atoms with van der Waals surface area (Å²) in [4.78, 5) is 16.7. The van der Waals surface area contributed by atoms with E-state index in [9.17, 15) is 4.79 Å². The molecule has 1 rings (SSSR count). The highest BCUT2D eigenvalue weighted by molar-refractivity contribution is 5.76. The third-order valence-electron chi connectivity index (χ3n) is 4.39. The maximum Gasteiger partial charge on any atom is 0.222 e. The zero-order chi connectivity index (χ0) is 14.8. The highest BCUT2D eigenvalue weighted by Gasteiger charge is 2.26.